The Kier molecular flexibility index (Phi) is 4.44. The van der Waals surface area contributed by atoms with E-state index in [1.54, 1.807) is 12.1 Å². The number of carbonyl (C=O) groups is 1. The number of amides is 1. The van der Waals surface area contributed by atoms with Crippen molar-refractivity contribution in [2.45, 2.75) is 26.7 Å². The quantitative estimate of drug-likeness (QED) is 0.756. The van der Waals surface area contributed by atoms with E-state index in [1.807, 2.05) is 38.1 Å². The van der Waals surface area contributed by atoms with E-state index in [9.17, 15) is 9.59 Å². The van der Waals surface area contributed by atoms with Crippen LogP contribution in [0.3, 0.4) is 0 Å². The number of carbonyl (C=O) groups excluding carboxylic acids is 1. The van der Waals surface area contributed by atoms with Crippen LogP contribution in [-0.2, 0) is 0 Å². The molecule has 0 spiro atoms. The van der Waals surface area contributed by atoms with E-state index in [4.69, 9.17) is 4.42 Å². The van der Waals surface area contributed by atoms with Gasteiger partial charge in [-0.1, -0.05) is 11.6 Å². The minimum Gasteiger partial charge on any atom is -0.451 e. The fraction of sp³-hybridized carbons (Fsp3) is 0.273. The van der Waals surface area contributed by atoms with Crippen molar-refractivity contribution in [1.29, 1.82) is 0 Å². The minimum atomic E-state index is -0.428. The molecule has 0 unspecified atom stereocenters. The first-order chi connectivity index (χ1) is 13.0. The molecule has 1 amide bonds. The average Bonchev–Trinajstić information content (AvgIpc) is 3.16. The number of benzene rings is 2. The Balaban J connectivity index is 1.59. The van der Waals surface area contributed by atoms with Gasteiger partial charge in [-0.2, -0.15) is 0 Å². The summed E-state index contributed by atoms with van der Waals surface area (Å²) < 4.78 is 5.65. The van der Waals surface area contributed by atoms with E-state index in [0.717, 1.165) is 24.2 Å². The van der Waals surface area contributed by atoms with Crippen LogP contribution in [0.15, 0.2) is 51.7 Å². The van der Waals surface area contributed by atoms with Crippen molar-refractivity contribution in [3.63, 3.8) is 0 Å². The monoisotopic (exact) mass is 362 g/mol. The summed E-state index contributed by atoms with van der Waals surface area (Å²) in [5.41, 5.74) is 4.18. The summed E-state index contributed by atoms with van der Waals surface area (Å²) in [6, 6.07) is 12.5. The number of hydrogen-bond donors (Lipinski definition) is 1. The Morgan fingerprint density at radius 1 is 1.04 bits per heavy atom. The van der Waals surface area contributed by atoms with Crippen molar-refractivity contribution >= 4 is 28.3 Å². The maximum atomic E-state index is 12.6. The predicted octanol–water partition coefficient (Wildman–Crippen LogP) is 4.26. The topological polar surface area (TPSA) is 62.6 Å². The fourth-order valence-corrected chi connectivity index (χ4v) is 3.62. The second kappa shape index (κ2) is 6.91. The van der Waals surface area contributed by atoms with E-state index < -0.39 is 5.91 Å². The molecule has 2 heterocycles. The number of nitrogens with zero attached hydrogens (tertiary/aromatic N) is 1. The average molecular weight is 362 g/mol. The van der Waals surface area contributed by atoms with Gasteiger partial charge in [0.25, 0.3) is 5.91 Å². The first-order valence-corrected chi connectivity index (χ1v) is 9.23. The standard InChI is InChI=1S/C22H22N2O3/c1-14-5-8-20-17(11-14)19(25)13-21(27-20)22(26)23-16-6-7-18(15(2)12-16)24-9-3-4-10-24/h5-8,11-13H,3-4,9-10H2,1-2H3,(H,23,26). The van der Waals surface area contributed by atoms with Gasteiger partial charge >= 0.3 is 0 Å². The SMILES string of the molecule is Cc1ccc2oc(C(=O)Nc3ccc(N4CCCC4)c(C)c3)cc(=O)c2c1. The smallest absolute Gasteiger partial charge is 0.291 e. The summed E-state index contributed by atoms with van der Waals surface area (Å²) >= 11 is 0. The Morgan fingerprint density at radius 2 is 1.81 bits per heavy atom. The van der Waals surface area contributed by atoms with Crippen LogP contribution in [0, 0.1) is 13.8 Å². The van der Waals surface area contributed by atoms with Crippen LogP contribution in [0.4, 0.5) is 11.4 Å². The molecule has 1 N–H and O–H groups in total. The molecule has 0 aliphatic carbocycles. The van der Waals surface area contributed by atoms with Crippen molar-refractivity contribution in [3.8, 4) is 0 Å². The molecular formula is C22H22N2O3. The van der Waals surface area contributed by atoms with Crippen LogP contribution in [0.1, 0.15) is 34.5 Å². The summed E-state index contributed by atoms with van der Waals surface area (Å²) in [5.74, 6) is -0.416. The number of fused-ring (bicyclic) bond motifs is 1. The number of hydrogen-bond acceptors (Lipinski definition) is 4. The van der Waals surface area contributed by atoms with Crippen molar-refractivity contribution in [2.75, 3.05) is 23.3 Å². The van der Waals surface area contributed by atoms with Gasteiger partial charge in [0.2, 0.25) is 0 Å². The third-order valence-electron chi connectivity index (χ3n) is 5.01. The first-order valence-electron chi connectivity index (χ1n) is 9.23. The van der Waals surface area contributed by atoms with Gasteiger partial charge in [0.1, 0.15) is 5.58 Å². The normalized spacial score (nSPS) is 13.9. The summed E-state index contributed by atoms with van der Waals surface area (Å²) in [7, 11) is 0. The van der Waals surface area contributed by atoms with E-state index in [1.165, 1.54) is 24.6 Å². The van der Waals surface area contributed by atoms with Crippen LogP contribution in [0.2, 0.25) is 0 Å². The zero-order valence-electron chi connectivity index (χ0n) is 15.5. The Morgan fingerprint density at radius 3 is 2.56 bits per heavy atom. The van der Waals surface area contributed by atoms with Crippen LogP contribution in [-0.4, -0.2) is 19.0 Å². The molecule has 1 aromatic heterocycles. The van der Waals surface area contributed by atoms with Crippen LogP contribution in [0.25, 0.3) is 11.0 Å². The molecule has 0 atom stereocenters. The number of anilines is 2. The molecule has 1 aliphatic heterocycles. The van der Waals surface area contributed by atoms with Gasteiger partial charge in [0, 0.05) is 30.5 Å². The summed E-state index contributed by atoms with van der Waals surface area (Å²) in [4.78, 5) is 27.3. The van der Waals surface area contributed by atoms with Gasteiger partial charge in [0.15, 0.2) is 11.2 Å². The molecule has 0 bridgehead atoms. The van der Waals surface area contributed by atoms with Gasteiger partial charge in [-0.15, -0.1) is 0 Å². The lowest BCUT2D eigenvalue weighted by Gasteiger charge is -2.20. The van der Waals surface area contributed by atoms with Gasteiger partial charge in [-0.3, -0.25) is 9.59 Å². The largest absolute Gasteiger partial charge is 0.451 e. The van der Waals surface area contributed by atoms with Gasteiger partial charge in [0.05, 0.1) is 5.39 Å². The summed E-state index contributed by atoms with van der Waals surface area (Å²) in [6.45, 7) is 6.11. The van der Waals surface area contributed by atoms with Crippen LogP contribution >= 0.6 is 0 Å². The number of aryl methyl sites for hydroxylation is 2. The molecule has 0 saturated carbocycles. The molecule has 4 rings (SSSR count). The fourth-order valence-electron chi connectivity index (χ4n) is 3.62. The Hall–Kier alpha value is -3.08. The minimum absolute atomic E-state index is 0.0117. The first kappa shape index (κ1) is 17.3. The molecule has 3 aromatic rings. The second-order valence-electron chi connectivity index (χ2n) is 7.12. The van der Waals surface area contributed by atoms with E-state index >= 15 is 0 Å². The van der Waals surface area contributed by atoms with Crippen LogP contribution in [0.5, 0.6) is 0 Å². The molecule has 27 heavy (non-hydrogen) atoms. The molecule has 138 valence electrons. The molecule has 1 fully saturated rings. The highest BCUT2D eigenvalue weighted by atomic mass is 16.3. The lowest BCUT2D eigenvalue weighted by Crippen LogP contribution is -2.19. The zero-order chi connectivity index (χ0) is 19.0. The molecular weight excluding hydrogens is 340 g/mol. The van der Waals surface area contributed by atoms with Gasteiger partial charge in [-0.25, -0.2) is 0 Å². The van der Waals surface area contributed by atoms with E-state index in [-0.39, 0.29) is 11.2 Å². The highest BCUT2D eigenvalue weighted by Crippen LogP contribution is 2.27. The van der Waals surface area contributed by atoms with Crippen molar-refractivity contribution in [2.24, 2.45) is 0 Å². The van der Waals surface area contributed by atoms with Gasteiger partial charge in [-0.05, 0) is 62.6 Å². The maximum Gasteiger partial charge on any atom is 0.291 e. The Bertz CT molecular complexity index is 1080. The molecule has 0 radical (unpaired) electrons. The number of nitrogens with one attached hydrogen (secondary N) is 1. The third kappa shape index (κ3) is 3.45. The lowest BCUT2D eigenvalue weighted by molar-refractivity contribution is 0.0997. The van der Waals surface area contributed by atoms with Gasteiger partial charge < -0.3 is 14.6 Å². The second-order valence-corrected chi connectivity index (χ2v) is 7.12. The summed E-state index contributed by atoms with van der Waals surface area (Å²) in [5, 5.41) is 3.31. The van der Waals surface area contributed by atoms with Crippen molar-refractivity contribution in [3.05, 3.63) is 69.6 Å². The highest BCUT2D eigenvalue weighted by molar-refractivity contribution is 6.03. The number of rotatable bonds is 3. The van der Waals surface area contributed by atoms with Crippen LogP contribution < -0.4 is 15.6 Å². The third-order valence-corrected chi connectivity index (χ3v) is 5.01. The molecule has 5 nitrogen and oxygen atoms in total. The van der Waals surface area contributed by atoms with E-state index in [2.05, 4.69) is 10.2 Å². The molecule has 5 heteroatoms. The zero-order valence-corrected chi connectivity index (χ0v) is 15.5. The Labute approximate surface area is 157 Å². The van der Waals surface area contributed by atoms with E-state index in [0.29, 0.717) is 16.7 Å². The predicted molar refractivity (Wildman–Crippen MR) is 108 cm³/mol. The maximum absolute atomic E-state index is 12.6. The van der Waals surface area contributed by atoms with Crippen molar-refractivity contribution in [1.82, 2.24) is 0 Å². The summed E-state index contributed by atoms with van der Waals surface area (Å²) in [6.07, 6.45) is 2.44. The molecule has 1 aliphatic rings. The highest BCUT2D eigenvalue weighted by Gasteiger charge is 2.16. The molecule has 2 aromatic carbocycles. The molecule has 1 saturated heterocycles. The van der Waals surface area contributed by atoms with Crippen molar-refractivity contribution < 1.29 is 9.21 Å². The lowest BCUT2D eigenvalue weighted by atomic mass is 10.1.